The van der Waals surface area contributed by atoms with Crippen LogP contribution in [0.25, 0.3) is 6.08 Å². The van der Waals surface area contributed by atoms with Gasteiger partial charge in [-0.2, -0.15) is 4.98 Å². The zero-order valence-corrected chi connectivity index (χ0v) is 17.3. The number of benzene rings is 2. The van der Waals surface area contributed by atoms with Crippen LogP contribution in [0.1, 0.15) is 36.4 Å². The Morgan fingerprint density at radius 3 is 2.63 bits per heavy atom. The summed E-state index contributed by atoms with van der Waals surface area (Å²) in [5.74, 6) is 1.72. The highest BCUT2D eigenvalue weighted by Gasteiger charge is 2.34. The Bertz CT molecular complexity index is 1120. The van der Waals surface area contributed by atoms with Crippen LogP contribution in [-0.2, 0) is 10.5 Å². The second-order valence-electron chi connectivity index (χ2n) is 7.45. The predicted molar refractivity (Wildman–Crippen MR) is 120 cm³/mol. The van der Waals surface area contributed by atoms with Crippen LogP contribution in [0, 0.1) is 0 Å². The molecule has 5 nitrogen and oxygen atoms in total. The van der Waals surface area contributed by atoms with Gasteiger partial charge in [-0.3, -0.25) is 4.79 Å². The van der Waals surface area contributed by atoms with Crippen molar-refractivity contribution in [2.45, 2.75) is 36.2 Å². The van der Waals surface area contributed by atoms with Gasteiger partial charge in [0.05, 0.1) is 0 Å². The Morgan fingerprint density at radius 1 is 1.07 bits per heavy atom. The second kappa shape index (κ2) is 8.32. The van der Waals surface area contributed by atoms with Crippen LogP contribution in [-0.4, -0.2) is 20.5 Å². The lowest BCUT2D eigenvalue weighted by Gasteiger charge is -2.30. The Balaban J connectivity index is 1.46. The standard InChI is InChI=1S/C24H22N4OS/c29-21-13-7-12-19-22(21)20(15-14-17-8-3-1-4-9-17)28-23(25-19)26-24(27-28)30-16-18-10-5-2-6-11-18/h1-6,8-11,14-15,20H,7,12-13,16H2,(H,25,26,27). The van der Waals surface area contributed by atoms with E-state index in [0.717, 1.165) is 35.4 Å². The smallest absolute Gasteiger partial charge is 0.227 e. The zero-order valence-electron chi connectivity index (χ0n) is 16.5. The van der Waals surface area contributed by atoms with Crippen LogP contribution in [0.15, 0.2) is 83.2 Å². The minimum atomic E-state index is -0.233. The summed E-state index contributed by atoms with van der Waals surface area (Å²) in [6.07, 6.45) is 6.47. The summed E-state index contributed by atoms with van der Waals surface area (Å²) in [7, 11) is 0. The number of rotatable bonds is 5. The molecule has 0 fully saturated rings. The van der Waals surface area contributed by atoms with Gasteiger partial charge in [-0.15, -0.1) is 5.10 Å². The lowest BCUT2D eigenvalue weighted by Crippen LogP contribution is -2.30. The van der Waals surface area contributed by atoms with Crippen LogP contribution in [0.2, 0.25) is 0 Å². The molecule has 2 aliphatic rings. The number of fused-ring (bicyclic) bond motifs is 1. The van der Waals surface area contributed by atoms with Crippen molar-refractivity contribution in [3.8, 4) is 0 Å². The van der Waals surface area contributed by atoms with E-state index < -0.39 is 0 Å². The lowest BCUT2D eigenvalue weighted by molar-refractivity contribution is -0.116. The van der Waals surface area contributed by atoms with E-state index in [2.05, 4.69) is 41.7 Å². The maximum atomic E-state index is 12.8. The highest BCUT2D eigenvalue weighted by atomic mass is 32.2. The van der Waals surface area contributed by atoms with E-state index in [9.17, 15) is 4.79 Å². The van der Waals surface area contributed by atoms with E-state index in [4.69, 9.17) is 10.1 Å². The molecule has 1 N–H and O–H groups in total. The fourth-order valence-corrected chi connectivity index (χ4v) is 4.69. The number of thioether (sulfide) groups is 1. The molecule has 0 spiro atoms. The van der Waals surface area contributed by atoms with Gasteiger partial charge in [-0.05, 0) is 24.0 Å². The quantitative estimate of drug-likeness (QED) is 0.577. The van der Waals surface area contributed by atoms with E-state index in [0.29, 0.717) is 17.5 Å². The van der Waals surface area contributed by atoms with E-state index in [1.807, 2.05) is 41.1 Å². The number of nitrogens with zero attached hydrogens (tertiary/aromatic N) is 3. The number of aromatic nitrogens is 3. The number of anilines is 1. The van der Waals surface area contributed by atoms with E-state index in [1.165, 1.54) is 5.56 Å². The van der Waals surface area contributed by atoms with Crippen molar-refractivity contribution in [2.75, 3.05) is 5.32 Å². The summed E-state index contributed by atoms with van der Waals surface area (Å²) in [5.41, 5.74) is 4.15. The molecule has 30 heavy (non-hydrogen) atoms. The van der Waals surface area contributed by atoms with Crippen LogP contribution in [0.5, 0.6) is 0 Å². The van der Waals surface area contributed by atoms with Crippen LogP contribution in [0.4, 0.5) is 5.95 Å². The molecule has 0 amide bonds. The molecule has 0 saturated heterocycles. The van der Waals surface area contributed by atoms with Gasteiger partial charge in [0.1, 0.15) is 6.04 Å². The highest BCUT2D eigenvalue weighted by Crippen LogP contribution is 2.38. The van der Waals surface area contributed by atoms with Crippen molar-refractivity contribution >= 4 is 29.6 Å². The molecule has 0 saturated carbocycles. The van der Waals surface area contributed by atoms with Crippen molar-refractivity contribution in [2.24, 2.45) is 0 Å². The second-order valence-corrected chi connectivity index (χ2v) is 8.39. The SMILES string of the molecule is O=C1CCCC2=C1C(C=Cc1ccccc1)n1nc(SCc3ccccc3)nc1N2. The average molecular weight is 415 g/mol. The summed E-state index contributed by atoms with van der Waals surface area (Å²) in [6.45, 7) is 0. The van der Waals surface area contributed by atoms with Crippen molar-refractivity contribution in [3.05, 3.63) is 89.1 Å². The van der Waals surface area contributed by atoms with Crippen LogP contribution < -0.4 is 5.32 Å². The molecule has 6 heteroatoms. The fourth-order valence-electron chi connectivity index (χ4n) is 3.90. The maximum absolute atomic E-state index is 12.8. The molecule has 1 aliphatic heterocycles. The molecule has 1 atom stereocenters. The number of ketones is 1. The van der Waals surface area contributed by atoms with Gasteiger partial charge < -0.3 is 5.32 Å². The highest BCUT2D eigenvalue weighted by molar-refractivity contribution is 7.98. The van der Waals surface area contributed by atoms with Gasteiger partial charge >= 0.3 is 0 Å². The number of carbonyl (C=O) groups excluding carboxylic acids is 1. The maximum Gasteiger partial charge on any atom is 0.227 e. The number of carbonyl (C=O) groups is 1. The third-order valence-corrected chi connectivity index (χ3v) is 6.28. The Hall–Kier alpha value is -3.12. The molecule has 1 aliphatic carbocycles. The first kappa shape index (κ1) is 18.9. The van der Waals surface area contributed by atoms with Gasteiger partial charge in [0.25, 0.3) is 0 Å². The summed E-state index contributed by atoms with van der Waals surface area (Å²) in [6, 6.07) is 20.2. The summed E-state index contributed by atoms with van der Waals surface area (Å²) < 4.78 is 1.86. The van der Waals surface area contributed by atoms with E-state index in [-0.39, 0.29) is 11.8 Å². The molecule has 1 aromatic heterocycles. The van der Waals surface area contributed by atoms with Crippen LogP contribution >= 0.6 is 11.8 Å². The normalized spacial score (nSPS) is 18.3. The molecule has 2 aromatic carbocycles. The number of Topliss-reactive ketones (excluding diaryl/α,β-unsaturated/α-hetero) is 1. The number of nitrogens with one attached hydrogen (secondary N) is 1. The molecule has 150 valence electrons. The van der Waals surface area contributed by atoms with Gasteiger partial charge in [0, 0.05) is 23.4 Å². The zero-order chi connectivity index (χ0) is 20.3. The van der Waals surface area contributed by atoms with Crippen molar-refractivity contribution in [1.82, 2.24) is 14.8 Å². The van der Waals surface area contributed by atoms with Crippen molar-refractivity contribution in [3.63, 3.8) is 0 Å². The molecule has 0 bridgehead atoms. The molecular weight excluding hydrogens is 392 g/mol. The predicted octanol–water partition coefficient (Wildman–Crippen LogP) is 5.26. The molecule has 0 radical (unpaired) electrons. The molecule has 2 heterocycles. The number of hydrogen-bond donors (Lipinski definition) is 1. The number of hydrogen-bond acceptors (Lipinski definition) is 5. The summed E-state index contributed by atoms with van der Waals surface area (Å²) >= 11 is 1.61. The third kappa shape index (κ3) is 3.83. The van der Waals surface area contributed by atoms with Crippen molar-refractivity contribution < 1.29 is 4.79 Å². The molecule has 5 rings (SSSR count). The lowest BCUT2D eigenvalue weighted by atomic mass is 9.88. The molecular formula is C24H22N4OS. The fraction of sp³-hybridized carbons (Fsp3) is 0.208. The first-order valence-corrected chi connectivity index (χ1v) is 11.2. The Morgan fingerprint density at radius 2 is 1.83 bits per heavy atom. The Labute approximate surface area is 179 Å². The summed E-state index contributed by atoms with van der Waals surface area (Å²) in [5, 5.41) is 8.84. The van der Waals surface area contributed by atoms with Crippen LogP contribution in [0.3, 0.4) is 0 Å². The topological polar surface area (TPSA) is 59.8 Å². The monoisotopic (exact) mass is 414 g/mol. The third-order valence-electron chi connectivity index (χ3n) is 5.37. The largest absolute Gasteiger partial charge is 0.328 e. The van der Waals surface area contributed by atoms with Gasteiger partial charge in [-0.25, -0.2) is 4.68 Å². The van der Waals surface area contributed by atoms with Gasteiger partial charge in [0.2, 0.25) is 11.1 Å². The minimum absolute atomic E-state index is 0.200. The molecule has 3 aromatic rings. The van der Waals surface area contributed by atoms with Gasteiger partial charge in [-0.1, -0.05) is 84.6 Å². The van der Waals surface area contributed by atoms with Crippen molar-refractivity contribution in [1.29, 1.82) is 0 Å². The summed E-state index contributed by atoms with van der Waals surface area (Å²) in [4.78, 5) is 17.5. The van der Waals surface area contributed by atoms with E-state index >= 15 is 0 Å². The molecule has 1 unspecified atom stereocenters. The Kier molecular flexibility index (Phi) is 5.24. The first-order valence-electron chi connectivity index (χ1n) is 10.2. The van der Waals surface area contributed by atoms with Gasteiger partial charge in [0.15, 0.2) is 5.78 Å². The van der Waals surface area contributed by atoms with E-state index in [1.54, 1.807) is 11.8 Å². The number of allylic oxidation sites excluding steroid dienone is 3. The first-order chi connectivity index (χ1) is 14.8. The minimum Gasteiger partial charge on any atom is -0.328 e. The average Bonchev–Trinajstić information content (AvgIpc) is 3.20.